The summed E-state index contributed by atoms with van der Waals surface area (Å²) >= 11 is 0. The molecule has 1 aromatic heterocycles. The van der Waals surface area contributed by atoms with Crippen LogP contribution in [0, 0.1) is 11.6 Å². The van der Waals surface area contributed by atoms with E-state index >= 15 is 0 Å². The van der Waals surface area contributed by atoms with E-state index in [1.165, 1.54) is 18.1 Å². The molecular formula is C14H14F2N2O5. The van der Waals surface area contributed by atoms with E-state index in [-0.39, 0.29) is 48.6 Å². The first-order chi connectivity index (χ1) is 11.1. The molecule has 0 saturated carbocycles. The summed E-state index contributed by atoms with van der Waals surface area (Å²) < 4.78 is 42.6. The summed E-state index contributed by atoms with van der Waals surface area (Å²) in [5.74, 6) is -2.25. The Labute approximate surface area is 129 Å². The van der Waals surface area contributed by atoms with Gasteiger partial charge in [0.25, 0.3) is 0 Å². The average Bonchev–Trinajstić information content (AvgIpc) is 3.09. The van der Waals surface area contributed by atoms with Crippen molar-refractivity contribution in [1.29, 1.82) is 0 Å². The topological polar surface area (TPSA) is 85.0 Å². The number of cyclic esters (lactones) is 1. The lowest BCUT2D eigenvalue weighted by atomic mass is 10.1. The Morgan fingerprint density at radius 3 is 2.96 bits per heavy atom. The van der Waals surface area contributed by atoms with Crippen molar-refractivity contribution >= 4 is 22.9 Å². The van der Waals surface area contributed by atoms with E-state index in [1.807, 2.05) is 0 Å². The molecule has 1 unspecified atom stereocenters. The third kappa shape index (κ3) is 2.51. The standard InChI is InChI=1S/C14H14F2N2O5/c1-21-5-7-4-9-12(11(16)10(7)15)23-17-13(9)18-8(2-3-19)6-22-14(18)20/h4,8,19H,2-3,5-6H2,1H3. The SMILES string of the molecule is COCc1cc2c(N3C(=O)OCC3CCO)noc2c(F)c1F. The molecule has 23 heavy (non-hydrogen) atoms. The number of halogens is 2. The number of ether oxygens (including phenoxy) is 2. The van der Waals surface area contributed by atoms with Gasteiger partial charge in [-0.05, 0) is 12.5 Å². The highest BCUT2D eigenvalue weighted by molar-refractivity contribution is 5.99. The maximum Gasteiger partial charge on any atom is 0.416 e. The second-order valence-electron chi connectivity index (χ2n) is 5.09. The largest absolute Gasteiger partial charge is 0.447 e. The molecule has 1 aliphatic rings. The molecule has 1 atom stereocenters. The molecule has 9 heteroatoms. The van der Waals surface area contributed by atoms with E-state index in [1.54, 1.807) is 0 Å². The predicted molar refractivity (Wildman–Crippen MR) is 74.0 cm³/mol. The molecule has 2 aromatic rings. The first-order valence-corrected chi connectivity index (χ1v) is 6.90. The summed E-state index contributed by atoms with van der Waals surface area (Å²) in [4.78, 5) is 13.1. The fraction of sp³-hybridized carbons (Fsp3) is 0.429. The first kappa shape index (κ1) is 15.6. The molecule has 0 aliphatic carbocycles. The van der Waals surface area contributed by atoms with Crippen LogP contribution in [0.15, 0.2) is 10.6 Å². The molecule has 2 heterocycles. The number of nitrogens with zero attached hydrogens (tertiary/aromatic N) is 2. The van der Waals surface area contributed by atoms with E-state index in [9.17, 15) is 13.6 Å². The second-order valence-corrected chi connectivity index (χ2v) is 5.09. The van der Waals surface area contributed by atoms with Gasteiger partial charge in [-0.1, -0.05) is 5.16 Å². The van der Waals surface area contributed by atoms with Gasteiger partial charge in [0.15, 0.2) is 11.6 Å². The minimum absolute atomic E-state index is 0.0202. The Balaban J connectivity index is 2.13. The van der Waals surface area contributed by atoms with Crippen molar-refractivity contribution in [2.45, 2.75) is 19.1 Å². The highest BCUT2D eigenvalue weighted by atomic mass is 19.2. The molecule has 1 N–H and O–H groups in total. The molecule has 1 saturated heterocycles. The number of anilines is 1. The molecule has 1 amide bonds. The van der Waals surface area contributed by atoms with Gasteiger partial charge < -0.3 is 19.1 Å². The van der Waals surface area contributed by atoms with E-state index in [0.29, 0.717) is 0 Å². The minimum atomic E-state index is -1.19. The lowest BCUT2D eigenvalue weighted by Gasteiger charge is -2.17. The van der Waals surface area contributed by atoms with Crippen LogP contribution in [0.3, 0.4) is 0 Å². The number of hydrogen-bond donors (Lipinski definition) is 1. The van der Waals surface area contributed by atoms with Crippen molar-refractivity contribution < 1.29 is 32.7 Å². The molecule has 0 bridgehead atoms. The molecule has 1 aromatic carbocycles. The number of methoxy groups -OCH3 is 1. The van der Waals surface area contributed by atoms with Crippen molar-refractivity contribution in [2.75, 3.05) is 25.2 Å². The number of aliphatic hydroxyl groups is 1. The van der Waals surface area contributed by atoms with E-state index in [0.717, 1.165) is 0 Å². The van der Waals surface area contributed by atoms with Crippen LogP contribution in [-0.2, 0) is 16.1 Å². The van der Waals surface area contributed by atoms with Gasteiger partial charge in [-0.25, -0.2) is 9.18 Å². The molecule has 0 radical (unpaired) electrons. The van der Waals surface area contributed by atoms with Gasteiger partial charge in [-0.3, -0.25) is 4.90 Å². The number of carbonyl (C=O) groups excluding carboxylic acids is 1. The lowest BCUT2D eigenvalue weighted by molar-refractivity contribution is 0.176. The Morgan fingerprint density at radius 2 is 2.26 bits per heavy atom. The van der Waals surface area contributed by atoms with Gasteiger partial charge in [-0.15, -0.1) is 0 Å². The average molecular weight is 328 g/mol. The molecule has 1 fully saturated rings. The predicted octanol–water partition coefficient (Wildman–Crippen LogP) is 1.96. The highest BCUT2D eigenvalue weighted by Gasteiger charge is 2.37. The lowest BCUT2D eigenvalue weighted by Crippen LogP contribution is -2.34. The van der Waals surface area contributed by atoms with Crippen molar-refractivity contribution in [3.63, 3.8) is 0 Å². The van der Waals surface area contributed by atoms with Crippen LogP contribution >= 0.6 is 0 Å². The van der Waals surface area contributed by atoms with Gasteiger partial charge in [0.1, 0.15) is 6.61 Å². The molecule has 0 spiro atoms. The zero-order valence-electron chi connectivity index (χ0n) is 12.2. The van der Waals surface area contributed by atoms with Crippen molar-refractivity contribution in [3.05, 3.63) is 23.3 Å². The number of fused-ring (bicyclic) bond motifs is 1. The van der Waals surface area contributed by atoms with E-state index < -0.39 is 23.8 Å². The molecule has 124 valence electrons. The quantitative estimate of drug-likeness (QED) is 0.903. The van der Waals surface area contributed by atoms with Crippen LogP contribution in [-0.4, -0.2) is 42.7 Å². The van der Waals surface area contributed by atoms with Crippen LogP contribution < -0.4 is 4.90 Å². The summed E-state index contributed by atoms with van der Waals surface area (Å²) in [6, 6.07) is 0.866. The summed E-state index contributed by atoms with van der Waals surface area (Å²) in [6.45, 7) is -0.234. The normalized spacial score (nSPS) is 18.0. The Morgan fingerprint density at radius 1 is 1.48 bits per heavy atom. The third-order valence-electron chi connectivity index (χ3n) is 3.65. The maximum absolute atomic E-state index is 14.1. The number of hydrogen-bond acceptors (Lipinski definition) is 6. The summed E-state index contributed by atoms with van der Waals surface area (Å²) in [7, 11) is 1.35. The summed E-state index contributed by atoms with van der Waals surface area (Å²) in [5.41, 5.74) is -0.409. The summed E-state index contributed by atoms with van der Waals surface area (Å²) in [5, 5.41) is 12.9. The van der Waals surface area contributed by atoms with Gasteiger partial charge >= 0.3 is 6.09 Å². The van der Waals surface area contributed by atoms with Gasteiger partial charge in [0.2, 0.25) is 11.4 Å². The number of carbonyl (C=O) groups is 1. The zero-order chi connectivity index (χ0) is 16.6. The summed E-state index contributed by atoms with van der Waals surface area (Å²) in [6.07, 6.45) is -0.425. The fourth-order valence-electron chi connectivity index (χ4n) is 2.57. The Hall–Kier alpha value is -2.26. The number of aliphatic hydroxyl groups excluding tert-OH is 1. The maximum atomic E-state index is 14.1. The van der Waals surface area contributed by atoms with Gasteiger partial charge in [0.05, 0.1) is 18.0 Å². The minimum Gasteiger partial charge on any atom is -0.447 e. The molecular weight excluding hydrogens is 314 g/mol. The smallest absolute Gasteiger partial charge is 0.416 e. The van der Waals surface area contributed by atoms with E-state index in [2.05, 4.69) is 5.16 Å². The fourth-order valence-corrected chi connectivity index (χ4v) is 2.57. The van der Waals surface area contributed by atoms with Crippen LogP contribution in [0.25, 0.3) is 11.0 Å². The van der Waals surface area contributed by atoms with Crippen LogP contribution in [0.2, 0.25) is 0 Å². The first-order valence-electron chi connectivity index (χ1n) is 6.90. The number of aromatic nitrogens is 1. The second kappa shape index (κ2) is 6.09. The Kier molecular flexibility index (Phi) is 4.14. The zero-order valence-corrected chi connectivity index (χ0v) is 12.2. The number of amides is 1. The van der Waals surface area contributed by atoms with Gasteiger partial charge in [0, 0.05) is 19.3 Å². The third-order valence-corrected chi connectivity index (χ3v) is 3.65. The van der Waals surface area contributed by atoms with Gasteiger partial charge in [-0.2, -0.15) is 4.39 Å². The van der Waals surface area contributed by atoms with Crippen LogP contribution in [0.1, 0.15) is 12.0 Å². The van der Waals surface area contributed by atoms with Crippen molar-refractivity contribution in [1.82, 2.24) is 5.16 Å². The number of rotatable bonds is 5. The molecule has 7 nitrogen and oxygen atoms in total. The number of benzene rings is 1. The van der Waals surface area contributed by atoms with Crippen molar-refractivity contribution in [2.24, 2.45) is 0 Å². The monoisotopic (exact) mass is 328 g/mol. The molecule has 1 aliphatic heterocycles. The van der Waals surface area contributed by atoms with E-state index in [4.69, 9.17) is 19.1 Å². The highest BCUT2D eigenvalue weighted by Crippen LogP contribution is 2.34. The van der Waals surface area contributed by atoms with Crippen LogP contribution in [0.4, 0.5) is 19.4 Å². The van der Waals surface area contributed by atoms with Crippen LogP contribution in [0.5, 0.6) is 0 Å². The molecule has 3 rings (SSSR count). The Bertz CT molecular complexity index is 748. The van der Waals surface area contributed by atoms with Crippen molar-refractivity contribution in [3.8, 4) is 0 Å².